The second-order valence-electron chi connectivity index (χ2n) is 3.46. The highest BCUT2D eigenvalue weighted by Crippen LogP contribution is 2.18. The van der Waals surface area contributed by atoms with Gasteiger partial charge in [0, 0.05) is 0 Å². The first-order valence-electron chi connectivity index (χ1n) is 5.13. The predicted molar refractivity (Wildman–Crippen MR) is 62.3 cm³/mol. The molecule has 0 bridgehead atoms. The maximum Gasteiger partial charge on any atom is 0.306 e. The fourth-order valence-corrected chi connectivity index (χ4v) is 1.56. The van der Waals surface area contributed by atoms with E-state index >= 15 is 0 Å². The highest BCUT2D eigenvalue weighted by Gasteiger charge is 2.03. The van der Waals surface area contributed by atoms with Crippen molar-refractivity contribution >= 4 is 10.1 Å². The van der Waals surface area contributed by atoms with Gasteiger partial charge in [0.15, 0.2) is 0 Å². The van der Waals surface area contributed by atoms with E-state index in [-0.39, 0.29) is 0 Å². The maximum atomic E-state index is 10.8. The monoisotopic (exact) mass is 244 g/mol. The molecular formula is C11H16O4S. The van der Waals surface area contributed by atoms with Crippen LogP contribution in [0.1, 0.15) is 19.8 Å². The molecule has 0 aromatic heterocycles. The molecule has 0 radical (unpaired) electrons. The molecule has 1 rings (SSSR count). The normalized spacial score (nSPS) is 11.1. The Kier molecular flexibility index (Phi) is 4.61. The van der Waals surface area contributed by atoms with E-state index in [0.717, 1.165) is 19.1 Å². The van der Waals surface area contributed by atoms with Crippen molar-refractivity contribution in [1.82, 2.24) is 0 Å². The first kappa shape index (κ1) is 12.8. The second kappa shape index (κ2) is 5.75. The van der Waals surface area contributed by atoms with Crippen LogP contribution in [0, 0.1) is 0 Å². The summed E-state index contributed by atoms with van der Waals surface area (Å²) in [6.07, 6.45) is 3.09. The molecule has 0 saturated heterocycles. The summed E-state index contributed by atoms with van der Waals surface area (Å²) in [7, 11) is -3.45. The van der Waals surface area contributed by atoms with Gasteiger partial charge in [0.05, 0.1) is 12.9 Å². The lowest BCUT2D eigenvalue weighted by Gasteiger charge is -2.06. The maximum absolute atomic E-state index is 10.8. The van der Waals surface area contributed by atoms with Crippen molar-refractivity contribution in [2.45, 2.75) is 19.8 Å². The van der Waals surface area contributed by atoms with E-state index in [2.05, 4.69) is 6.92 Å². The van der Waals surface area contributed by atoms with E-state index in [1.165, 1.54) is 0 Å². The molecular weight excluding hydrogens is 228 g/mol. The molecule has 0 unspecified atom stereocenters. The van der Waals surface area contributed by atoms with Gasteiger partial charge >= 0.3 is 10.1 Å². The lowest BCUT2D eigenvalue weighted by molar-refractivity contribution is 0.309. The first-order valence-corrected chi connectivity index (χ1v) is 6.95. The summed E-state index contributed by atoms with van der Waals surface area (Å²) in [6.45, 7) is 2.76. The van der Waals surface area contributed by atoms with Gasteiger partial charge in [-0.15, -0.1) is 0 Å². The van der Waals surface area contributed by atoms with Gasteiger partial charge in [0.2, 0.25) is 0 Å². The number of ether oxygens (including phenoxy) is 1. The molecule has 0 aliphatic heterocycles. The van der Waals surface area contributed by atoms with Crippen LogP contribution in [-0.4, -0.2) is 21.3 Å². The van der Waals surface area contributed by atoms with Crippen LogP contribution in [0.4, 0.5) is 0 Å². The van der Waals surface area contributed by atoms with Crippen LogP contribution in [0.5, 0.6) is 11.5 Å². The Morgan fingerprint density at radius 3 is 2.19 bits per heavy atom. The summed E-state index contributed by atoms with van der Waals surface area (Å²) >= 11 is 0. The van der Waals surface area contributed by atoms with Gasteiger partial charge in [-0.3, -0.25) is 0 Å². The summed E-state index contributed by atoms with van der Waals surface area (Å²) in [4.78, 5) is 0. The van der Waals surface area contributed by atoms with Gasteiger partial charge < -0.3 is 8.92 Å². The van der Waals surface area contributed by atoms with E-state index in [1.54, 1.807) is 24.3 Å². The molecule has 0 amide bonds. The van der Waals surface area contributed by atoms with Gasteiger partial charge in [-0.2, -0.15) is 8.42 Å². The van der Waals surface area contributed by atoms with Crippen molar-refractivity contribution < 1.29 is 17.3 Å². The molecule has 4 nitrogen and oxygen atoms in total. The van der Waals surface area contributed by atoms with Crippen LogP contribution in [0.25, 0.3) is 0 Å². The molecule has 0 spiro atoms. The number of hydrogen-bond donors (Lipinski definition) is 0. The fourth-order valence-electron chi connectivity index (χ4n) is 1.10. The van der Waals surface area contributed by atoms with Crippen molar-refractivity contribution in [1.29, 1.82) is 0 Å². The minimum absolute atomic E-state index is 0.297. The summed E-state index contributed by atoms with van der Waals surface area (Å²) in [5.41, 5.74) is 0. The third-order valence-corrected chi connectivity index (χ3v) is 2.33. The van der Waals surface area contributed by atoms with E-state index < -0.39 is 10.1 Å². The molecule has 0 aliphatic carbocycles. The van der Waals surface area contributed by atoms with Crippen LogP contribution in [0.3, 0.4) is 0 Å². The van der Waals surface area contributed by atoms with E-state index in [4.69, 9.17) is 8.92 Å². The average Bonchev–Trinajstić information content (AvgIpc) is 2.19. The number of hydrogen-bond acceptors (Lipinski definition) is 4. The van der Waals surface area contributed by atoms with Gasteiger partial charge in [-0.25, -0.2) is 0 Å². The summed E-state index contributed by atoms with van der Waals surface area (Å²) in [5.74, 6) is 1.01. The Labute approximate surface area is 96.3 Å². The molecule has 1 aromatic rings. The topological polar surface area (TPSA) is 52.6 Å². The van der Waals surface area contributed by atoms with Crippen molar-refractivity contribution in [3.8, 4) is 11.5 Å². The van der Waals surface area contributed by atoms with Crippen LogP contribution in [0.2, 0.25) is 0 Å². The van der Waals surface area contributed by atoms with Gasteiger partial charge in [0.1, 0.15) is 11.5 Å². The second-order valence-corrected chi connectivity index (χ2v) is 5.04. The largest absolute Gasteiger partial charge is 0.494 e. The van der Waals surface area contributed by atoms with Gasteiger partial charge in [0.25, 0.3) is 0 Å². The number of rotatable bonds is 6. The van der Waals surface area contributed by atoms with Crippen LogP contribution < -0.4 is 8.92 Å². The van der Waals surface area contributed by atoms with Crippen LogP contribution >= 0.6 is 0 Å². The quantitative estimate of drug-likeness (QED) is 0.568. The SMILES string of the molecule is CCCCOc1ccc(OS(C)(=O)=O)cc1. The minimum Gasteiger partial charge on any atom is -0.494 e. The third kappa shape index (κ3) is 5.02. The lowest BCUT2D eigenvalue weighted by atomic mass is 10.3. The number of unbranched alkanes of at least 4 members (excludes halogenated alkanes) is 1. The van der Waals surface area contributed by atoms with E-state index in [1.807, 2.05) is 0 Å². The smallest absolute Gasteiger partial charge is 0.306 e. The van der Waals surface area contributed by atoms with Gasteiger partial charge in [-0.05, 0) is 30.7 Å². The van der Waals surface area contributed by atoms with Crippen molar-refractivity contribution in [2.75, 3.05) is 12.9 Å². The summed E-state index contributed by atoms with van der Waals surface area (Å²) in [5, 5.41) is 0. The van der Waals surface area contributed by atoms with Crippen molar-refractivity contribution in [2.24, 2.45) is 0 Å². The molecule has 90 valence electrons. The van der Waals surface area contributed by atoms with Crippen molar-refractivity contribution in [3.05, 3.63) is 24.3 Å². The summed E-state index contributed by atoms with van der Waals surface area (Å²) < 4.78 is 31.8. The molecule has 0 fully saturated rings. The Bertz CT molecular complexity index is 408. The molecule has 1 aromatic carbocycles. The highest BCUT2D eigenvalue weighted by atomic mass is 32.2. The van der Waals surface area contributed by atoms with E-state index in [9.17, 15) is 8.42 Å². The minimum atomic E-state index is -3.45. The number of benzene rings is 1. The van der Waals surface area contributed by atoms with Crippen molar-refractivity contribution in [3.63, 3.8) is 0 Å². The molecule has 0 aliphatic rings. The zero-order valence-corrected chi connectivity index (χ0v) is 10.3. The van der Waals surface area contributed by atoms with E-state index in [0.29, 0.717) is 18.1 Å². The Morgan fingerprint density at radius 1 is 1.12 bits per heavy atom. The zero-order valence-electron chi connectivity index (χ0n) is 9.47. The first-order chi connectivity index (χ1) is 7.51. The predicted octanol–water partition coefficient (Wildman–Crippen LogP) is 2.20. The molecule has 0 atom stereocenters. The molecule has 16 heavy (non-hydrogen) atoms. The van der Waals surface area contributed by atoms with Crippen LogP contribution in [0.15, 0.2) is 24.3 Å². The average molecular weight is 244 g/mol. The molecule has 0 saturated carbocycles. The molecule has 0 N–H and O–H groups in total. The molecule has 5 heteroatoms. The van der Waals surface area contributed by atoms with Gasteiger partial charge in [-0.1, -0.05) is 13.3 Å². The fraction of sp³-hybridized carbons (Fsp3) is 0.455. The lowest BCUT2D eigenvalue weighted by Crippen LogP contribution is -2.05. The third-order valence-electron chi connectivity index (χ3n) is 1.84. The van der Waals surface area contributed by atoms with Crippen LogP contribution in [-0.2, 0) is 10.1 Å². The highest BCUT2D eigenvalue weighted by molar-refractivity contribution is 7.86. The zero-order chi connectivity index (χ0) is 12.0. The summed E-state index contributed by atoms with van der Waals surface area (Å²) in [6, 6.07) is 6.52. The Morgan fingerprint density at radius 2 is 1.69 bits per heavy atom. The Hall–Kier alpha value is -1.23. The molecule has 0 heterocycles. The standard InChI is InChI=1S/C11H16O4S/c1-3-4-9-14-10-5-7-11(8-6-10)15-16(2,12)13/h5-8H,3-4,9H2,1-2H3. The Balaban J connectivity index is 2.54.